The van der Waals surface area contributed by atoms with Gasteiger partial charge in [0.15, 0.2) is 0 Å². The third kappa shape index (κ3) is 2.71. The number of hydrogen-bond donors (Lipinski definition) is 0. The van der Waals surface area contributed by atoms with Crippen LogP contribution in [-0.2, 0) is 0 Å². The van der Waals surface area contributed by atoms with E-state index in [9.17, 15) is 9.18 Å². The van der Waals surface area contributed by atoms with Gasteiger partial charge in [-0.1, -0.05) is 17.5 Å². The normalized spacial score (nSPS) is 9.47. The number of amides is 1. The number of rotatable bonds is 2. The van der Waals surface area contributed by atoms with E-state index >= 15 is 0 Å². The van der Waals surface area contributed by atoms with Crippen LogP contribution in [0.5, 0.6) is 0 Å². The standard InChI is InChI=1S/C11H9ClFNO/c1-3-6-14(2)11(15)8-4-5-10(13)9(12)7-8/h1,4-5,7H,6H2,2H3. The summed E-state index contributed by atoms with van der Waals surface area (Å²) in [6.45, 7) is 0.202. The highest BCUT2D eigenvalue weighted by Gasteiger charge is 2.12. The van der Waals surface area contributed by atoms with Crippen molar-refractivity contribution in [1.82, 2.24) is 4.90 Å². The van der Waals surface area contributed by atoms with Gasteiger partial charge < -0.3 is 4.90 Å². The summed E-state index contributed by atoms with van der Waals surface area (Å²) in [4.78, 5) is 13.0. The number of benzene rings is 1. The summed E-state index contributed by atoms with van der Waals surface area (Å²) in [5.41, 5.74) is 0.319. The Bertz CT molecular complexity index is 425. The first-order valence-corrected chi connectivity index (χ1v) is 4.58. The molecule has 0 bridgehead atoms. The molecular formula is C11H9ClFNO. The van der Waals surface area contributed by atoms with Gasteiger partial charge in [-0.2, -0.15) is 0 Å². The molecule has 0 heterocycles. The van der Waals surface area contributed by atoms with Crippen molar-refractivity contribution < 1.29 is 9.18 Å². The van der Waals surface area contributed by atoms with Crippen molar-refractivity contribution in [1.29, 1.82) is 0 Å². The minimum absolute atomic E-state index is 0.0741. The monoisotopic (exact) mass is 225 g/mol. The molecule has 2 nitrogen and oxygen atoms in total. The van der Waals surface area contributed by atoms with Crippen molar-refractivity contribution in [3.05, 3.63) is 34.6 Å². The zero-order chi connectivity index (χ0) is 11.4. The van der Waals surface area contributed by atoms with Crippen LogP contribution in [-0.4, -0.2) is 24.4 Å². The van der Waals surface area contributed by atoms with Gasteiger partial charge in [0.2, 0.25) is 0 Å². The number of carbonyl (C=O) groups is 1. The smallest absolute Gasteiger partial charge is 0.254 e. The summed E-state index contributed by atoms with van der Waals surface area (Å²) in [6.07, 6.45) is 5.07. The maximum atomic E-state index is 12.8. The average molecular weight is 226 g/mol. The molecule has 0 fully saturated rings. The van der Waals surface area contributed by atoms with Crippen LogP contribution in [0.3, 0.4) is 0 Å². The Labute approximate surface area is 92.6 Å². The lowest BCUT2D eigenvalue weighted by atomic mass is 10.2. The van der Waals surface area contributed by atoms with Gasteiger partial charge in [0.25, 0.3) is 5.91 Å². The zero-order valence-electron chi connectivity index (χ0n) is 8.13. The largest absolute Gasteiger partial charge is 0.331 e. The lowest BCUT2D eigenvalue weighted by Crippen LogP contribution is -2.26. The number of carbonyl (C=O) groups excluding carboxylic acids is 1. The quantitative estimate of drug-likeness (QED) is 0.707. The van der Waals surface area contributed by atoms with Crippen LogP contribution >= 0.6 is 11.6 Å². The third-order valence-corrected chi connectivity index (χ3v) is 2.13. The average Bonchev–Trinajstić information content (AvgIpc) is 2.21. The predicted molar refractivity (Wildman–Crippen MR) is 57.2 cm³/mol. The minimum Gasteiger partial charge on any atom is -0.331 e. The molecule has 0 unspecified atom stereocenters. The van der Waals surface area contributed by atoms with Gasteiger partial charge in [-0.25, -0.2) is 4.39 Å². The second-order valence-corrected chi connectivity index (χ2v) is 3.40. The van der Waals surface area contributed by atoms with Crippen molar-refractivity contribution >= 4 is 17.5 Å². The molecule has 0 saturated heterocycles. The Kier molecular flexibility index (Phi) is 3.70. The highest BCUT2D eigenvalue weighted by molar-refractivity contribution is 6.31. The van der Waals surface area contributed by atoms with Gasteiger partial charge in [-0.05, 0) is 18.2 Å². The van der Waals surface area contributed by atoms with E-state index in [-0.39, 0.29) is 17.5 Å². The lowest BCUT2D eigenvalue weighted by molar-refractivity contribution is 0.0812. The molecule has 0 aliphatic rings. The minimum atomic E-state index is -0.548. The third-order valence-electron chi connectivity index (χ3n) is 1.84. The van der Waals surface area contributed by atoms with Crippen molar-refractivity contribution in [2.24, 2.45) is 0 Å². The van der Waals surface area contributed by atoms with Crippen LogP contribution in [0.4, 0.5) is 4.39 Å². The van der Waals surface area contributed by atoms with Crippen LogP contribution in [0.15, 0.2) is 18.2 Å². The lowest BCUT2D eigenvalue weighted by Gasteiger charge is -2.13. The molecule has 0 atom stereocenters. The summed E-state index contributed by atoms with van der Waals surface area (Å²) in [6, 6.07) is 3.81. The second-order valence-electron chi connectivity index (χ2n) is 2.99. The fourth-order valence-electron chi connectivity index (χ4n) is 1.06. The number of terminal acetylenes is 1. The SMILES string of the molecule is C#CCN(C)C(=O)c1ccc(F)c(Cl)c1. The molecule has 1 aromatic carbocycles. The summed E-state index contributed by atoms with van der Waals surface area (Å²) in [5.74, 6) is 1.51. The summed E-state index contributed by atoms with van der Waals surface area (Å²) >= 11 is 5.55. The molecule has 15 heavy (non-hydrogen) atoms. The van der Waals surface area contributed by atoms with E-state index in [1.807, 2.05) is 0 Å². The molecule has 0 radical (unpaired) electrons. The first-order chi connectivity index (χ1) is 7.06. The highest BCUT2D eigenvalue weighted by atomic mass is 35.5. The number of nitrogens with zero attached hydrogens (tertiary/aromatic N) is 1. The van der Waals surface area contributed by atoms with Gasteiger partial charge in [-0.15, -0.1) is 6.42 Å². The predicted octanol–water partition coefficient (Wildman–Crippen LogP) is 2.18. The van der Waals surface area contributed by atoms with Crippen LogP contribution in [0.2, 0.25) is 5.02 Å². The molecule has 1 aromatic rings. The molecule has 1 rings (SSSR count). The molecule has 78 valence electrons. The molecule has 0 saturated carbocycles. The van der Waals surface area contributed by atoms with E-state index in [2.05, 4.69) is 5.92 Å². The molecule has 1 amide bonds. The van der Waals surface area contributed by atoms with Crippen LogP contribution in [0, 0.1) is 18.2 Å². The molecule has 0 aliphatic heterocycles. The van der Waals surface area contributed by atoms with Crippen molar-refractivity contribution in [2.45, 2.75) is 0 Å². The summed E-state index contributed by atoms with van der Waals surface area (Å²) in [5, 5.41) is -0.0741. The maximum absolute atomic E-state index is 12.8. The van der Waals surface area contributed by atoms with E-state index in [1.54, 1.807) is 7.05 Å². The summed E-state index contributed by atoms with van der Waals surface area (Å²) < 4.78 is 12.8. The Hall–Kier alpha value is -1.53. The Morgan fingerprint density at radius 1 is 1.67 bits per heavy atom. The fourth-order valence-corrected chi connectivity index (χ4v) is 1.24. The molecule has 4 heteroatoms. The van der Waals surface area contributed by atoms with Gasteiger partial charge in [0, 0.05) is 12.6 Å². The molecule has 0 aliphatic carbocycles. The van der Waals surface area contributed by atoms with E-state index in [1.165, 1.54) is 17.0 Å². The van der Waals surface area contributed by atoms with E-state index in [0.29, 0.717) is 5.56 Å². The zero-order valence-corrected chi connectivity index (χ0v) is 8.88. The second kappa shape index (κ2) is 4.81. The van der Waals surface area contributed by atoms with Crippen LogP contribution < -0.4 is 0 Å². The maximum Gasteiger partial charge on any atom is 0.254 e. The Morgan fingerprint density at radius 2 is 2.33 bits per heavy atom. The molecule has 0 spiro atoms. The molecular weight excluding hydrogens is 217 g/mol. The van der Waals surface area contributed by atoms with E-state index in [4.69, 9.17) is 18.0 Å². The van der Waals surface area contributed by atoms with Gasteiger partial charge in [0.05, 0.1) is 11.6 Å². The number of halogens is 2. The highest BCUT2D eigenvalue weighted by Crippen LogP contribution is 2.16. The first kappa shape index (κ1) is 11.5. The topological polar surface area (TPSA) is 20.3 Å². The fraction of sp³-hybridized carbons (Fsp3) is 0.182. The summed E-state index contributed by atoms with van der Waals surface area (Å²) in [7, 11) is 1.57. The Morgan fingerprint density at radius 3 is 2.87 bits per heavy atom. The van der Waals surface area contributed by atoms with Gasteiger partial charge >= 0.3 is 0 Å². The van der Waals surface area contributed by atoms with Crippen LogP contribution in [0.1, 0.15) is 10.4 Å². The van der Waals surface area contributed by atoms with Crippen molar-refractivity contribution in [2.75, 3.05) is 13.6 Å². The molecule has 0 N–H and O–H groups in total. The van der Waals surface area contributed by atoms with E-state index in [0.717, 1.165) is 6.07 Å². The van der Waals surface area contributed by atoms with Crippen molar-refractivity contribution in [3.63, 3.8) is 0 Å². The number of hydrogen-bond acceptors (Lipinski definition) is 1. The van der Waals surface area contributed by atoms with Crippen molar-refractivity contribution in [3.8, 4) is 12.3 Å². The molecule has 0 aromatic heterocycles. The Balaban J connectivity index is 2.93. The van der Waals surface area contributed by atoms with Gasteiger partial charge in [-0.3, -0.25) is 4.79 Å². The van der Waals surface area contributed by atoms with Crippen LogP contribution in [0.25, 0.3) is 0 Å². The van der Waals surface area contributed by atoms with Gasteiger partial charge in [0.1, 0.15) is 5.82 Å². The van der Waals surface area contributed by atoms with E-state index < -0.39 is 5.82 Å². The first-order valence-electron chi connectivity index (χ1n) is 4.20.